The highest BCUT2D eigenvalue weighted by molar-refractivity contribution is 5.35. The highest BCUT2D eigenvalue weighted by Gasteiger charge is 2.12. The van der Waals surface area contributed by atoms with Gasteiger partial charge in [0.1, 0.15) is 0 Å². The third kappa shape index (κ3) is 4.16. The maximum absolute atomic E-state index is 3.57. The second-order valence-electron chi connectivity index (χ2n) is 5.28. The summed E-state index contributed by atoms with van der Waals surface area (Å²) in [6.07, 6.45) is 2.42. The topological polar surface area (TPSA) is 12.0 Å². The highest BCUT2D eigenvalue weighted by Crippen LogP contribution is 2.25. The molecule has 2 atom stereocenters. The molecule has 2 unspecified atom stereocenters. The van der Waals surface area contributed by atoms with Crippen molar-refractivity contribution in [2.24, 2.45) is 0 Å². The maximum Gasteiger partial charge on any atom is 0.00444 e. The van der Waals surface area contributed by atoms with E-state index in [4.69, 9.17) is 0 Å². The van der Waals surface area contributed by atoms with Gasteiger partial charge in [0.25, 0.3) is 0 Å². The van der Waals surface area contributed by atoms with Crippen molar-refractivity contribution in [3.8, 4) is 0 Å². The summed E-state index contributed by atoms with van der Waals surface area (Å²) >= 11 is 0. The fourth-order valence-corrected chi connectivity index (χ4v) is 2.44. The molecule has 0 amide bonds. The predicted octanol–water partition coefficient (Wildman–Crippen LogP) is 4.19. The molecule has 0 aromatic heterocycles. The molecule has 1 heteroatoms. The van der Waals surface area contributed by atoms with Crippen LogP contribution in [0.5, 0.6) is 0 Å². The van der Waals surface area contributed by atoms with E-state index in [2.05, 4.69) is 58.1 Å². The Balaban J connectivity index is 2.63. The van der Waals surface area contributed by atoms with Crippen molar-refractivity contribution in [2.45, 2.75) is 59.4 Å². The van der Waals surface area contributed by atoms with E-state index >= 15 is 0 Å². The van der Waals surface area contributed by atoms with Crippen LogP contribution in [0.1, 0.15) is 56.2 Å². The smallest absolute Gasteiger partial charge is 0.00444 e. The zero-order valence-corrected chi connectivity index (χ0v) is 12.0. The molecule has 0 saturated heterocycles. The Kier molecular flexibility index (Phi) is 5.70. The third-order valence-corrected chi connectivity index (χ3v) is 3.63. The summed E-state index contributed by atoms with van der Waals surface area (Å²) in [5.74, 6) is 0.634. The molecule has 1 rings (SSSR count). The molecule has 1 N–H and O–H groups in total. The molecule has 0 spiro atoms. The molecule has 0 radical (unpaired) electrons. The lowest BCUT2D eigenvalue weighted by Gasteiger charge is -2.21. The molecule has 0 bridgehead atoms. The standard InChI is InChI=1S/C16H27N/c1-6-10-17-14(4)11-13(3)16-9-7-8-12(2)15(16)5/h7-9,13-14,17H,6,10-11H2,1-5H3. The summed E-state index contributed by atoms with van der Waals surface area (Å²) in [5.41, 5.74) is 4.38. The maximum atomic E-state index is 3.57. The van der Waals surface area contributed by atoms with Gasteiger partial charge in [-0.15, -0.1) is 0 Å². The fraction of sp³-hybridized carbons (Fsp3) is 0.625. The Labute approximate surface area is 107 Å². The monoisotopic (exact) mass is 233 g/mol. The van der Waals surface area contributed by atoms with Gasteiger partial charge in [-0.25, -0.2) is 0 Å². The lowest BCUT2D eigenvalue weighted by atomic mass is 9.89. The summed E-state index contributed by atoms with van der Waals surface area (Å²) in [4.78, 5) is 0. The van der Waals surface area contributed by atoms with Gasteiger partial charge in [0.15, 0.2) is 0 Å². The molecule has 1 nitrogen and oxygen atoms in total. The van der Waals surface area contributed by atoms with Crippen LogP contribution in [0.25, 0.3) is 0 Å². The molecule has 1 aromatic carbocycles. The Hall–Kier alpha value is -0.820. The van der Waals surface area contributed by atoms with Crippen LogP contribution in [0, 0.1) is 13.8 Å². The normalized spacial score (nSPS) is 14.6. The van der Waals surface area contributed by atoms with Crippen molar-refractivity contribution in [1.82, 2.24) is 5.32 Å². The molecule has 0 heterocycles. The van der Waals surface area contributed by atoms with Crippen molar-refractivity contribution in [3.63, 3.8) is 0 Å². The highest BCUT2D eigenvalue weighted by atomic mass is 14.9. The van der Waals surface area contributed by atoms with Crippen molar-refractivity contribution >= 4 is 0 Å². The number of hydrogen-bond acceptors (Lipinski definition) is 1. The number of aryl methyl sites for hydroxylation is 1. The van der Waals surface area contributed by atoms with E-state index in [-0.39, 0.29) is 0 Å². The van der Waals surface area contributed by atoms with Gasteiger partial charge in [-0.1, -0.05) is 32.0 Å². The molecular formula is C16H27N. The molecule has 96 valence electrons. The number of benzene rings is 1. The molecule has 0 aliphatic rings. The van der Waals surface area contributed by atoms with Gasteiger partial charge in [-0.05, 0) is 62.8 Å². The van der Waals surface area contributed by atoms with E-state index in [9.17, 15) is 0 Å². The first-order valence-electron chi connectivity index (χ1n) is 6.85. The molecule has 0 aliphatic carbocycles. The minimum atomic E-state index is 0.602. The number of nitrogens with one attached hydrogen (secondary N) is 1. The van der Waals surface area contributed by atoms with Gasteiger partial charge in [0.05, 0.1) is 0 Å². The Morgan fingerprint density at radius 2 is 1.88 bits per heavy atom. The second-order valence-corrected chi connectivity index (χ2v) is 5.28. The lowest BCUT2D eigenvalue weighted by Crippen LogP contribution is -2.28. The van der Waals surface area contributed by atoms with E-state index in [0.29, 0.717) is 12.0 Å². The van der Waals surface area contributed by atoms with Gasteiger partial charge in [-0.2, -0.15) is 0 Å². The number of hydrogen-bond donors (Lipinski definition) is 1. The van der Waals surface area contributed by atoms with E-state index in [1.165, 1.54) is 29.5 Å². The van der Waals surface area contributed by atoms with Crippen LogP contribution in [0.15, 0.2) is 18.2 Å². The molecule has 0 saturated carbocycles. The van der Waals surface area contributed by atoms with Gasteiger partial charge in [0, 0.05) is 6.04 Å². The first-order chi connectivity index (χ1) is 8.06. The fourth-order valence-electron chi connectivity index (χ4n) is 2.44. The third-order valence-electron chi connectivity index (χ3n) is 3.63. The van der Waals surface area contributed by atoms with Crippen LogP contribution in [0.2, 0.25) is 0 Å². The van der Waals surface area contributed by atoms with Crippen LogP contribution in [-0.2, 0) is 0 Å². The summed E-state index contributed by atoms with van der Waals surface area (Å²) in [7, 11) is 0. The zero-order chi connectivity index (χ0) is 12.8. The van der Waals surface area contributed by atoms with Crippen LogP contribution in [0.4, 0.5) is 0 Å². The van der Waals surface area contributed by atoms with Crippen LogP contribution >= 0.6 is 0 Å². The Bertz CT molecular complexity index is 343. The quantitative estimate of drug-likeness (QED) is 0.777. The predicted molar refractivity (Wildman–Crippen MR) is 76.7 cm³/mol. The van der Waals surface area contributed by atoms with Gasteiger partial charge in [-0.3, -0.25) is 0 Å². The Morgan fingerprint density at radius 1 is 1.18 bits per heavy atom. The summed E-state index contributed by atoms with van der Waals surface area (Å²) in [6.45, 7) is 12.4. The van der Waals surface area contributed by atoms with Gasteiger partial charge in [0.2, 0.25) is 0 Å². The van der Waals surface area contributed by atoms with E-state index in [1.54, 1.807) is 0 Å². The molecule has 0 aliphatic heterocycles. The first-order valence-corrected chi connectivity index (χ1v) is 6.85. The van der Waals surface area contributed by atoms with E-state index in [1.807, 2.05) is 0 Å². The van der Waals surface area contributed by atoms with Crippen LogP contribution in [-0.4, -0.2) is 12.6 Å². The van der Waals surface area contributed by atoms with E-state index < -0.39 is 0 Å². The molecule has 0 fully saturated rings. The van der Waals surface area contributed by atoms with Crippen LogP contribution < -0.4 is 5.32 Å². The van der Waals surface area contributed by atoms with Gasteiger partial charge < -0.3 is 5.32 Å². The zero-order valence-electron chi connectivity index (χ0n) is 12.0. The van der Waals surface area contributed by atoms with Crippen molar-refractivity contribution in [2.75, 3.05) is 6.54 Å². The lowest BCUT2D eigenvalue weighted by molar-refractivity contribution is 0.478. The summed E-state index contributed by atoms with van der Waals surface area (Å²) in [6, 6.07) is 7.26. The largest absolute Gasteiger partial charge is 0.314 e. The Morgan fingerprint density at radius 3 is 2.53 bits per heavy atom. The minimum absolute atomic E-state index is 0.602. The summed E-state index contributed by atoms with van der Waals surface area (Å²) < 4.78 is 0. The van der Waals surface area contributed by atoms with Gasteiger partial charge >= 0.3 is 0 Å². The second kappa shape index (κ2) is 6.80. The molecule has 17 heavy (non-hydrogen) atoms. The van der Waals surface area contributed by atoms with E-state index in [0.717, 1.165) is 6.54 Å². The SMILES string of the molecule is CCCNC(C)CC(C)c1cccc(C)c1C. The molecule has 1 aromatic rings. The number of rotatable bonds is 6. The summed E-state index contributed by atoms with van der Waals surface area (Å²) in [5, 5.41) is 3.57. The average molecular weight is 233 g/mol. The first kappa shape index (κ1) is 14.2. The van der Waals surface area contributed by atoms with Crippen molar-refractivity contribution in [1.29, 1.82) is 0 Å². The molecular weight excluding hydrogens is 206 g/mol. The van der Waals surface area contributed by atoms with Crippen molar-refractivity contribution < 1.29 is 0 Å². The average Bonchev–Trinajstić information content (AvgIpc) is 2.29. The van der Waals surface area contributed by atoms with Crippen LogP contribution in [0.3, 0.4) is 0 Å². The minimum Gasteiger partial charge on any atom is -0.314 e. The van der Waals surface area contributed by atoms with Crippen molar-refractivity contribution in [3.05, 3.63) is 34.9 Å².